The highest BCUT2D eigenvalue weighted by molar-refractivity contribution is 5.32. The number of aromatic nitrogens is 9. The van der Waals surface area contributed by atoms with Crippen molar-refractivity contribution < 1.29 is 23.7 Å². The molecule has 3 aromatic heterocycles. The number of hydrogen-bond acceptors (Lipinski definition) is 11. The summed E-state index contributed by atoms with van der Waals surface area (Å²) >= 11 is 0. The van der Waals surface area contributed by atoms with Crippen molar-refractivity contribution in [1.82, 2.24) is 46.2 Å². The van der Waals surface area contributed by atoms with Crippen LogP contribution in [0.15, 0.2) is 91.5 Å². The molecule has 3 heterocycles. The summed E-state index contributed by atoms with van der Waals surface area (Å²) in [5.41, 5.74) is 2.57. The minimum Gasteiger partial charge on any atom is -0.382 e. The lowest BCUT2D eigenvalue weighted by Crippen LogP contribution is -2.41. The molecule has 7 rings (SSSR count). The van der Waals surface area contributed by atoms with Gasteiger partial charge in [0.2, 0.25) is 0 Å². The third-order valence-corrected chi connectivity index (χ3v) is 13.7. The van der Waals surface area contributed by atoms with E-state index < -0.39 is 0 Å². The molecule has 0 saturated heterocycles. The summed E-state index contributed by atoms with van der Waals surface area (Å²) in [6.07, 6.45) is 43.8. The van der Waals surface area contributed by atoms with E-state index in [1.54, 1.807) is 19.5 Å². The van der Waals surface area contributed by atoms with E-state index in [1.165, 1.54) is 32.1 Å². The van der Waals surface area contributed by atoms with Crippen LogP contribution in [0.2, 0.25) is 0 Å². The number of ether oxygens (including phenoxy) is 5. The first-order chi connectivity index (χ1) is 31.7. The average Bonchev–Trinajstić information content (AvgIpc) is 4.17. The van der Waals surface area contributed by atoms with Gasteiger partial charge in [-0.15, -0.1) is 0 Å². The van der Waals surface area contributed by atoms with E-state index in [-0.39, 0.29) is 52.3 Å². The lowest BCUT2D eigenvalue weighted by Gasteiger charge is -2.42. The summed E-state index contributed by atoms with van der Waals surface area (Å²) in [7, 11) is 1.70. The van der Waals surface area contributed by atoms with Gasteiger partial charge in [-0.25, -0.2) is 0 Å². The zero-order valence-electron chi connectivity index (χ0n) is 40.5. The summed E-state index contributed by atoms with van der Waals surface area (Å²) in [6, 6.07) is 0. The molecule has 9 atom stereocenters. The highest BCUT2D eigenvalue weighted by Gasteiger charge is 2.44. The molecule has 4 aliphatic rings. The highest BCUT2D eigenvalue weighted by Crippen LogP contribution is 2.47. The summed E-state index contributed by atoms with van der Waals surface area (Å²) < 4.78 is 29.4. The molecule has 0 amide bonds. The largest absolute Gasteiger partial charge is 0.382 e. The molecular weight excluding hydrogens is 819 g/mol. The van der Waals surface area contributed by atoms with Crippen LogP contribution in [0.4, 0.5) is 0 Å². The summed E-state index contributed by atoms with van der Waals surface area (Å²) in [4.78, 5) is 0. The zero-order chi connectivity index (χ0) is 46.4. The SMILES string of the molecule is CCC(OC1CCCCC1)C1(C)C=CC=CC1c1cn[nH]n1.CCCC(OCCOC)C1(C)C=CC=CC1c1cn[nH]n1.CCCC(OCCOCC)C1(C)C=CC=CC1c1cn[nH]n1. The molecular formula is C51H79N9O5. The van der Waals surface area contributed by atoms with E-state index in [2.05, 4.69) is 161 Å². The molecule has 1 saturated carbocycles. The van der Waals surface area contributed by atoms with Gasteiger partial charge in [0.05, 0.1) is 86.5 Å². The van der Waals surface area contributed by atoms with E-state index >= 15 is 0 Å². The third-order valence-electron chi connectivity index (χ3n) is 13.7. The summed E-state index contributed by atoms with van der Waals surface area (Å²) in [6.45, 7) is 18.6. The Morgan fingerprint density at radius 3 is 1.37 bits per heavy atom. The molecule has 65 heavy (non-hydrogen) atoms. The normalized spacial score (nSPS) is 27.4. The predicted molar refractivity (Wildman–Crippen MR) is 256 cm³/mol. The van der Waals surface area contributed by atoms with E-state index in [0.717, 1.165) is 55.8 Å². The van der Waals surface area contributed by atoms with Crippen LogP contribution in [0.3, 0.4) is 0 Å². The Morgan fingerprint density at radius 2 is 1.00 bits per heavy atom. The van der Waals surface area contributed by atoms with Crippen molar-refractivity contribution in [3.05, 3.63) is 109 Å². The number of hydrogen-bond donors (Lipinski definition) is 3. The maximum atomic E-state index is 6.57. The van der Waals surface area contributed by atoms with Crippen LogP contribution < -0.4 is 0 Å². The van der Waals surface area contributed by atoms with Crippen molar-refractivity contribution in [3.63, 3.8) is 0 Å². The zero-order valence-corrected chi connectivity index (χ0v) is 40.5. The first-order valence-electron chi connectivity index (χ1n) is 24.3. The molecule has 0 aromatic carbocycles. The molecule has 3 N–H and O–H groups in total. The van der Waals surface area contributed by atoms with Crippen molar-refractivity contribution in [2.75, 3.05) is 40.1 Å². The number of methoxy groups -OCH3 is 1. The van der Waals surface area contributed by atoms with E-state index in [4.69, 9.17) is 23.7 Å². The van der Waals surface area contributed by atoms with Crippen molar-refractivity contribution in [1.29, 1.82) is 0 Å². The fourth-order valence-electron chi connectivity index (χ4n) is 9.96. The van der Waals surface area contributed by atoms with Gasteiger partial charge in [-0.05, 0) is 39.0 Å². The molecule has 0 spiro atoms. The van der Waals surface area contributed by atoms with Crippen LogP contribution in [-0.2, 0) is 23.7 Å². The van der Waals surface area contributed by atoms with Gasteiger partial charge in [0, 0.05) is 47.7 Å². The standard InChI is InChI=1S/C18H27N3O.C17H27N3O2.C16H25N3O2/c1-3-17(22-14-9-5-4-6-10-14)18(2)12-8-7-11-15(18)16-13-19-21-20-16;1-4-8-16(22-12-11-21-5-2)17(3)10-7-6-9-14(17)15-13-18-20-19-15;1-4-7-15(21-11-10-20-3)16(2)9-6-5-8-13(16)14-12-17-19-18-14/h7-8,11-15,17H,3-6,9-10H2,1-2H3,(H,19,20,21);6-7,9-10,13-14,16H,4-5,8,11-12H2,1-3H3,(H,18,19,20);5-6,8-9,12-13,15H,4,7,10-11H2,1-3H3,(H,17,18,19). The molecule has 14 heteroatoms. The van der Waals surface area contributed by atoms with Crippen LogP contribution in [0.1, 0.15) is 148 Å². The van der Waals surface area contributed by atoms with Crippen LogP contribution >= 0.6 is 0 Å². The number of rotatable bonds is 22. The average molecular weight is 898 g/mol. The monoisotopic (exact) mass is 898 g/mol. The van der Waals surface area contributed by atoms with Crippen LogP contribution in [0, 0.1) is 16.2 Å². The second-order valence-electron chi connectivity index (χ2n) is 18.2. The Labute approximate surface area is 388 Å². The van der Waals surface area contributed by atoms with Gasteiger partial charge in [0.25, 0.3) is 0 Å². The number of aromatic amines is 3. The first kappa shape index (κ1) is 51.6. The molecule has 0 aliphatic heterocycles. The van der Waals surface area contributed by atoms with Gasteiger partial charge < -0.3 is 23.7 Å². The van der Waals surface area contributed by atoms with Crippen molar-refractivity contribution in [2.24, 2.45) is 16.2 Å². The van der Waals surface area contributed by atoms with E-state index in [0.29, 0.717) is 32.5 Å². The van der Waals surface area contributed by atoms with E-state index in [9.17, 15) is 0 Å². The molecule has 0 radical (unpaired) electrons. The molecule has 3 aromatic rings. The molecule has 358 valence electrons. The Morgan fingerprint density at radius 1 is 0.569 bits per heavy atom. The van der Waals surface area contributed by atoms with Gasteiger partial charge in [0.15, 0.2) is 0 Å². The number of nitrogens with one attached hydrogen (secondary N) is 3. The third kappa shape index (κ3) is 13.9. The molecule has 14 nitrogen and oxygen atoms in total. The molecule has 0 bridgehead atoms. The van der Waals surface area contributed by atoms with Crippen LogP contribution in [0.5, 0.6) is 0 Å². The van der Waals surface area contributed by atoms with Crippen molar-refractivity contribution in [3.8, 4) is 0 Å². The Kier molecular flexibility index (Phi) is 21.2. The summed E-state index contributed by atoms with van der Waals surface area (Å²) in [5, 5.41) is 32.9. The van der Waals surface area contributed by atoms with Crippen LogP contribution in [-0.4, -0.2) is 111 Å². The minimum atomic E-state index is -0.131. The first-order valence-corrected chi connectivity index (χ1v) is 24.3. The fraction of sp³-hybridized carbons (Fsp3) is 0.647. The minimum absolute atomic E-state index is 0.0716. The predicted octanol–water partition coefficient (Wildman–Crippen LogP) is 10.2. The number of nitrogens with zero attached hydrogens (tertiary/aromatic N) is 6. The maximum Gasteiger partial charge on any atom is 0.0902 e. The lowest BCUT2D eigenvalue weighted by molar-refractivity contribution is -0.0804. The van der Waals surface area contributed by atoms with Crippen molar-refractivity contribution in [2.45, 2.75) is 155 Å². The second-order valence-corrected chi connectivity index (χ2v) is 18.2. The van der Waals surface area contributed by atoms with Crippen molar-refractivity contribution >= 4 is 0 Å². The Hall–Kier alpha value is -4.34. The maximum absolute atomic E-state index is 6.57. The number of H-pyrrole nitrogens is 3. The van der Waals surface area contributed by atoms with Gasteiger partial charge in [-0.3, -0.25) is 0 Å². The molecule has 4 aliphatic carbocycles. The van der Waals surface area contributed by atoms with Gasteiger partial charge in [0.1, 0.15) is 0 Å². The van der Waals surface area contributed by atoms with Gasteiger partial charge in [-0.1, -0.05) is 147 Å². The fourth-order valence-corrected chi connectivity index (χ4v) is 9.96. The Bertz CT molecular complexity index is 1910. The molecule has 9 unspecified atom stereocenters. The smallest absolute Gasteiger partial charge is 0.0902 e. The second kappa shape index (κ2) is 26.7. The molecule has 1 fully saturated rings. The lowest BCUT2D eigenvalue weighted by atomic mass is 9.68. The topological polar surface area (TPSA) is 171 Å². The highest BCUT2D eigenvalue weighted by atomic mass is 16.5. The Balaban J connectivity index is 0.000000183. The number of allylic oxidation sites excluding steroid dienone is 9. The van der Waals surface area contributed by atoms with Crippen LogP contribution in [0.25, 0.3) is 0 Å². The van der Waals surface area contributed by atoms with Gasteiger partial charge >= 0.3 is 0 Å². The quantitative estimate of drug-likeness (QED) is 0.0820. The van der Waals surface area contributed by atoms with Gasteiger partial charge in [-0.2, -0.15) is 46.2 Å². The van der Waals surface area contributed by atoms with E-state index in [1.807, 2.05) is 13.1 Å². The summed E-state index contributed by atoms with van der Waals surface area (Å²) in [5.74, 6) is 0.546.